The molecule has 0 atom stereocenters. The number of carbonyl (C=O) groups is 3. The SMILES string of the molecule is CCN(CC)c1ccc(NC(=O)c2cccc(CCCOCCOCCOCCOCCNC(=O)C(N)=CC=N)c2)c(-c2cc(C(N)=O)ccn2)c1. The van der Waals surface area contributed by atoms with Crippen LogP contribution in [0.4, 0.5) is 11.4 Å². The van der Waals surface area contributed by atoms with E-state index in [0.717, 1.165) is 43.4 Å². The summed E-state index contributed by atoms with van der Waals surface area (Å²) >= 11 is 0. The van der Waals surface area contributed by atoms with Crippen molar-refractivity contribution in [2.45, 2.75) is 26.7 Å². The predicted molar refractivity (Wildman–Crippen MR) is 202 cm³/mol. The number of aromatic nitrogens is 1. The van der Waals surface area contributed by atoms with Gasteiger partial charge in [0.1, 0.15) is 0 Å². The Labute approximate surface area is 305 Å². The number of ether oxygens (including phenoxy) is 4. The van der Waals surface area contributed by atoms with Crippen molar-refractivity contribution in [1.29, 1.82) is 5.41 Å². The first-order valence-corrected chi connectivity index (χ1v) is 17.4. The van der Waals surface area contributed by atoms with E-state index in [0.29, 0.717) is 87.5 Å². The Bertz CT molecular complexity index is 1630. The summed E-state index contributed by atoms with van der Waals surface area (Å²) in [5.41, 5.74) is 15.6. The number of hydrogen-bond donors (Lipinski definition) is 5. The number of primary amides is 1. The van der Waals surface area contributed by atoms with Crippen LogP contribution in [0.15, 0.2) is 72.6 Å². The molecule has 0 saturated heterocycles. The van der Waals surface area contributed by atoms with Gasteiger partial charge in [0.05, 0.1) is 63.3 Å². The van der Waals surface area contributed by atoms with Gasteiger partial charge in [-0.05, 0) is 80.8 Å². The molecule has 3 aromatic rings. The predicted octanol–water partition coefficient (Wildman–Crippen LogP) is 3.55. The Morgan fingerprint density at radius 1 is 0.827 bits per heavy atom. The Kier molecular flexibility index (Phi) is 18.5. The lowest BCUT2D eigenvalue weighted by atomic mass is 10.0. The minimum absolute atomic E-state index is 0.0240. The van der Waals surface area contributed by atoms with Gasteiger partial charge in [-0.3, -0.25) is 19.4 Å². The maximum atomic E-state index is 13.4. The number of nitrogens with two attached hydrogens (primary N) is 2. The minimum atomic E-state index is -0.551. The second-order valence-electron chi connectivity index (χ2n) is 11.4. The van der Waals surface area contributed by atoms with E-state index in [1.807, 2.05) is 36.4 Å². The number of nitrogens with one attached hydrogen (secondary N) is 3. The van der Waals surface area contributed by atoms with Gasteiger partial charge in [-0.1, -0.05) is 12.1 Å². The molecule has 0 saturated carbocycles. The third-order valence-corrected chi connectivity index (χ3v) is 7.82. The van der Waals surface area contributed by atoms with E-state index in [1.165, 1.54) is 12.3 Å². The van der Waals surface area contributed by atoms with Crippen molar-refractivity contribution < 1.29 is 33.3 Å². The summed E-state index contributed by atoms with van der Waals surface area (Å²) in [6.45, 7) is 9.53. The fourth-order valence-corrected chi connectivity index (χ4v) is 5.08. The summed E-state index contributed by atoms with van der Waals surface area (Å²) in [4.78, 5) is 43.5. The van der Waals surface area contributed by atoms with Crippen molar-refractivity contribution in [1.82, 2.24) is 10.3 Å². The van der Waals surface area contributed by atoms with Crippen molar-refractivity contribution >= 4 is 35.3 Å². The molecule has 0 aliphatic carbocycles. The molecule has 3 amide bonds. The van der Waals surface area contributed by atoms with Crippen LogP contribution in [0.5, 0.6) is 0 Å². The summed E-state index contributed by atoms with van der Waals surface area (Å²) in [6.07, 6.45) is 5.23. The number of hydrogen-bond acceptors (Lipinski definition) is 11. The van der Waals surface area contributed by atoms with Gasteiger partial charge in [0.2, 0.25) is 5.91 Å². The average molecular weight is 718 g/mol. The Hall–Kier alpha value is -5.15. The van der Waals surface area contributed by atoms with Gasteiger partial charge in [-0.25, -0.2) is 0 Å². The highest BCUT2D eigenvalue weighted by Gasteiger charge is 2.16. The van der Waals surface area contributed by atoms with Crippen LogP contribution < -0.4 is 27.0 Å². The summed E-state index contributed by atoms with van der Waals surface area (Å²) in [6, 6.07) is 16.5. The van der Waals surface area contributed by atoms with Crippen LogP contribution in [0.3, 0.4) is 0 Å². The maximum Gasteiger partial charge on any atom is 0.267 e. The molecule has 0 bridgehead atoms. The van der Waals surface area contributed by atoms with Crippen LogP contribution in [-0.4, -0.2) is 101 Å². The van der Waals surface area contributed by atoms with Crippen LogP contribution in [0.2, 0.25) is 0 Å². The van der Waals surface area contributed by atoms with Crippen molar-refractivity contribution in [3.05, 3.63) is 89.3 Å². The average Bonchev–Trinajstić information content (AvgIpc) is 3.15. The van der Waals surface area contributed by atoms with Crippen molar-refractivity contribution in [3.63, 3.8) is 0 Å². The van der Waals surface area contributed by atoms with Crippen molar-refractivity contribution in [2.75, 3.05) is 82.7 Å². The summed E-state index contributed by atoms with van der Waals surface area (Å²) in [5.74, 6) is -1.24. The molecule has 7 N–H and O–H groups in total. The molecule has 0 radical (unpaired) electrons. The number of carbonyl (C=O) groups excluding carboxylic acids is 3. The van der Waals surface area contributed by atoms with Crippen LogP contribution in [-0.2, 0) is 30.2 Å². The van der Waals surface area contributed by atoms with E-state index in [2.05, 4.69) is 34.4 Å². The summed E-state index contributed by atoms with van der Waals surface area (Å²) in [5, 5.41) is 12.5. The van der Waals surface area contributed by atoms with Crippen LogP contribution >= 0.6 is 0 Å². The molecule has 14 heteroatoms. The molecule has 14 nitrogen and oxygen atoms in total. The highest BCUT2D eigenvalue weighted by molar-refractivity contribution is 6.06. The highest BCUT2D eigenvalue weighted by Crippen LogP contribution is 2.32. The lowest BCUT2D eigenvalue weighted by Crippen LogP contribution is -2.31. The van der Waals surface area contributed by atoms with E-state index in [1.54, 1.807) is 18.2 Å². The zero-order valence-corrected chi connectivity index (χ0v) is 30.0. The van der Waals surface area contributed by atoms with Crippen LogP contribution in [0, 0.1) is 5.41 Å². The zero-order chi connectivity index (χ0) is 37.6. The topological polar surface area (TPSA) is 204 Å². The minimum Gasteiger partial charge on any atom is -0.394 e. The summed E-state index contributed by atoms with van der Waals surface area (Å²) < 4.78 is 22.1. The van der Waals surface area contributed by atoms with Gasteiger partial charge in [-0.15, -0.1) is 0 Å². The second-order valence-corrected chi connectivity index (χ2v) is 11.4. The van der Waals surface area contributed by atoms with Gasteiger partial charge < -0.3 is 51.4 Å². The van der Waals surface area contributed by atoms with Crippen LogP contribution in [0.25, 0.3) is 11.3 Å². The lowest BCUT2D eigenvalue weighted by Gasteiger charge is -2.23. The normalized spacial score (nSPS) is 11.2. The van der Waals surface area contributed by atoms with E-state index >= 15 is 0 Å². The highest BCUT2D eigenvalue weighted by atomic mass is 16.6. The third-order valence-electron chi connectivity index (χ3n) is 7.82. The molecular weight excluding hydrogens is 666 g/mol. The monoisotopic (exact) mass is 717 g/mol. The number of nitrogens with zero attached hydrogens (tertiary/aromatic N) is 2. The maximum absolute atomic E-state index is 13.4. The van der Waals surface area contributed by atoms with E-state index < -0.39 is 11.8 Å². The molecule has 3 rings (SSSR count). The second kappa shape index (κ2) is 23.3. The smallest absolute Gasteiger partial charge is 0.267 e. The Balaban J connectivity index is 1.36. The summed E-state index contributed by atoms with van der Waals surface area (Å²) in [7, 11) is 0. The molecule has 1 aromatic heterocycles. The third kappa shape index (κ3) is 14.2. The largest absolute Gasteiger partial charge is 0.394 e. The standard InChI is InChI=1S/C38H51N7O7/c1-3-45(4-2)31-10-11-34(32(27-31)35-26-29(36(41)46)13-15-42-35)44-37(47)30-9-5-7-28(25-30)8-6-17-49-19-21-51-23-24-52-22-20-50-18-16-43-38(48)33(40)12-14-39/h5,7,9-15,25-27,39H,3-4,6,8,16-24,40H2,1-2H3,(H2,41,46)(H,43,48)(H,44,47). The van der Waals surface area contributed by atoms with Crippen LogP contribution in [0.1, 0.15) is 46.5 Å². The molecule has 2 aromatic carbocycles. The van der Waals surface area contributed by atoms with Gasteiger partial charge >= 0.3 is 0 Å². The molecule has 0 fully saturated rings. The number of pyridine rings is 1. The number of amides is 3. The van der Waals surface area contributed by atoms with E-state index in [9.17, 15) is 14.4 Å². The van der Waals surface area contributed by atoms with Gasteiger partial charge in [0, 0.05) is 61.0 Å². The first kappa shape index (κ1) is 41.3. The quantitative estimate of drug-likeness (QED) is 0.0490. The number of anilines is 2. The fraction of sp³-hybridized carbons (Fsp3) is 0.395. The fourth-order valence-electron chi connectivity index (χ4n) is 5.08. The molecule has 0 unspecified atom stereocenters. The first-order chi connectivity index (χ1) is 25.3. The molecule has 0 aliphatic rings. The molecule has 52 heavy (non-hydrogen) atoms. The zero-order valence-electron chi connectivity index (χ0n) is 30.0. The lowest BCUT2D eigenvalue weighted by molar-refractivity contribution is -0.117. The Morgan fingerprint density at radius 2 is 1.50 bits per heavy atom. The van der Waals surface area contributed by atoms with E-state index in [-0.39, 0.29) is 11.6 Å². The molecule has 1 heterocycles. The molecular formula is C38H51N7O7. The molecule has 0 spiro atoms. The number of rotatable bonds is 25. The van der Waals surface area contributed by atoms with Crippen molar-refractivity contribution in [2.24, 2.45) is 11.5 Å². The number of benzene rings is 2. The molecule has 0 aliphatic heterocycles. The van der Waals surface area contributed by atoms with Gasteiger partial charge in [-0.2, -0.15) is 0 Å². The molecule has 280 valence electrons. The van der Waals surface area contributed by atoms with Gasteiger partial charge in [0.15, 0.2) is 0 Å². The van der Waals surface area contributed by atoms with Gasteiger partial charge in [0.25, 0.3) is 11.8 Å². The Morgan fingerprint density at radius 3 is 2.15 bits per heavy atom. The number of allylic oxidation sites excluding steroid dienone is 1. The van der Waals surface area contributed by atoms with E-state index in [4.69, 9.17) is 35.8 Å². The number of aryl methyl sites for hydroxylation is 1. The first-order valence-electron chi connectivity index (χ1n) is 17.4. The van der Waals surface area contributed by atoms with Crippen molar-refractivity contribution in [3.8, 4) is 11.3 Å².